The van der Waals surface area contributed by atoms with Gasteiger partial charge in [0.2, 0.25) is 19.5 Å². The summed E-state index contributed by atoms with van der Waals surface area (Å²) in [5.74, 6) is -2.84. The maximum Gasteiger partial charge on any atom is 0.371 e. The van der Waals surface area contributed by atoms with E-state index in [4.69, 9.17) is 14.2 Å². The average Bonchev–Trinajstić information content (AvgIpc) is 2.75. The van der Waals surface area contributed by atoms with Gasteiger partial charge in [0.1, 0.15) is 6.04 Å². The van der Waals surface area contributed by atoms with Crippen molar-refractivity contribution in [3.8, 4) is 0 Å². The van der Waals surface area contributed by atoms with Crippen LogP contribution in [0.5, 0.6) is 0 Å². The van der Waals surface area contributed by atoms with Crippen molar-refractivity contribution in [3.05, 3.63) is 0 Å². The SMILES string of the molecule is CCOC(=O)[C@H](CSC(=O)OCOC(=O)CC)NC(=O)C(C)(C)SC(=O)OCOC(=O)CC. The van der Waals surface area contributed by atoms with Crippen LogP contribution in [0.15, 0.2) is 0 Å². The average molecular weight is 512 g/mol. The maximum atomic E-state index is 12.7. The molecule has 0 aromatic rings. The fraction of sp³-hybridized carbons (Fsp3) is 0.684. The first-order chi connectivity index (χ1) is 15.5. The third-order valence-corrected chi connectivity index (χ3v) is 5.33. The van der Waals surface area contributed by atoms with Crippen molar-refractivity contribution in [1.29, 1.82) is 0 Å². The van der Waals surface area contributed by atoms with Crippen LogP contribution < -0.4 is 5.32 Å². The highest BCUT2D eigenvalue weighted by Gasteiger charge is 2.36. The van der Waals surface area contributed by atoms with Crippen molar-refractivity contribution in [2.75, 3.05) is 25.9 Å². The molecule has 0 saturated heterocycles. The van der Waals surface area contributed by atoms with Gasteiger partial charge in [0.25, 0.3) is 0 Å². The Bertz CT molecular complexity index is 712. The summed E-state index contributed by atoms with van der Waals surface area (Å²) in [6.45, 7) is 6.42. The minimum Gasteiger partial charge on any atom is -0.464 e. The quantitative estimate of drug-likeness (QED) is 0.218. The van der Waals surface area contributed by atoms with Gasteiger partial charge in [-0.1, -0.05) is 13.8 Å². The zero-order chi connectivity index (χ0) is 25.4. The molecular weight excluding hydrogens is 482 g/mol. The first-order valence-corrected chi connectivity index (χ1v) is 11.7. The molecule has 14 heteroatoms. The molecule has 0 bridgehead atoms. The first kappa shape index (κ1) is 30.5. The summed E-state index contributed by atoms with van der Waals surface area (Å²) < 4.78 is 22.2. The van der Waals surface area contributed by atoms with E-state index in [2.05, 4.69) is 14.8 Å². The lowest BCUT2D eigenvalue weighted by Gasteiger charge is -2.25. The van der Waals surface area contributed by atoms with Crippen LogP contribution in [-0.2, 0) is 42.9 Å². The number of rotatable bonds is 13. The molecule has 0 aromatic carbocycles. The number of hydrogen-bond donors (Lipinski definition) is 1. The number of thioether (sulfide) groups is 2. The highest BCUT2D eigenvalue weighted by molar-refractivity contribution is 8.15. The molecule has 0 spiro atoms. The Kier molecular flexibility index (Phi) is 15.0. The Morgan fingerprint density at radius 2 is 1.30 bits per heavy atom. The van der Waals surface area contributed by atoms with E-state index in [0.29, 0.717) is 23.5 Å². The van der Waals surface area contributed by atoms with Gasteiger partial charge in [-0.3, -0.25) is 14.4 Å². The van der Waals surface area contributed by atoms with Crippen LogP contribution in [0, 0.1) is 0 Å². The number of carbonyl (C=O) groups is 6. The molecule has 0 rings (SSSR count). The van der Waals surface area contributed by atoms with Crippen molar-refractivity contribution in [2.45, 2.75) is 58.2 Å². The van der Waals surface area contributed by atoms with Crippen LogP contribution in [0.3, 0.4) is 0 Å². The lowest BCUT2D eigenvalue weighted by atomic mass is 10.2. The van der Waals surface area contributed by atoms with Gasteiger partial charge in [-0.05, 0) is 44.3 Å². The topological polar surface area (TPSA) is 161 Å². The van der Waals surface area contributed by atoms with Crippen LogP contribution in [0.1, 0.15) is 47.5 Å². The number of hydrogen-bond acceptors (Lipinski definition) is 13. The predicted octanol–water partition coefficient (Wildman–Crippen LogP) is 2.37. The van der Waals surface area contributed by atoms with Gasteiger partial charge in [0.05, 0.1) is 11.4 Å². The molecule has 0 heterocycles. The second-order valence-electron chi connectivity index (χ2n) is 6.47. The predicted molar refractivity (Wildman–Crippen MR) is 118 cm³/mol. The second-order valence-corrected chi connectivity index (χ2v) is 8.98. The van der Waals surface area contributed by atoms with Gasteiger partial charge < -0.3 is 29.0 Å². The minimum absolute atomic E-state index is 0.0359. The van der Waals surface area contributed by atoms with Gasteiger partial charge in [-0.15, -0.1) is 0 Å². The molecule has 1 amide bonds. The largest absolute Gasteiger partial charge is 0.464 e. The molecule has 0 aliphatic rings. The van der Waals surface area contributed by atoms with Crippen LogP contribution in [0.2, 0.25) is 0 Å². The number of esters is 3. The Morgan fingerprint density at radius 1 is 0.788 bits per heavy atom. The van der Waals surface area contributed by atoms with Crippen LogP contribution in [0.25, 0.3) is 0 Å². The Balaban J connectivity index is 4.83. The minimum atomic E-state index is -1.38. The Hall–Kier alpha value is -2.48. The van der Waals surface area contributed by atoms with Gasteiger partial charge in [0, 0.05) is 18.6 Å². The highest BCUT2D eigenvalue weighted by Crippen LogP contribution is 2.27. The summed E-state index contributed by atoms with van der Waals surface area (Å²) in [4.78, 5) is 70.6. The molecule has 0 radical (unpaired) electrons. The fourth-order valence-electron chi connectivity index (χ4n) is 1.71. The number of carbonyl (C=O) groups excluding carboxylic acids is 6. The molecule has 0 aliphatic heterocycles. The molecule has 12 nitrogen and oxygen atoms in total. The van der Waals surface area contributed by atoms with E-state index in [1.54, 1.807) is 20.8 Å². The Morgan fingerprint density at radius 3 is 1.79 bits per heavy atom. The second kappa shape index (κ2) is 16.2. The van der Waals surface area contributed by atoms with Crippen LogP contribution in [0.4, 0.5) is 9.59 Å². The van der Waals surface area contributed by atoms with E-state index in [9.17, 15) is 28.8 Å². The van der Waals surface area contributed by atoms with Gasteiger partial charge in [-0.25, -0.2) is 14.4 Å². The highest BCUT2D eigenvalue weighted by atomic mass is 32.2. The number of amides is 1. The van der Waals surface area contributed by atoms with Crippen molar-refractivity contribution in [2.24, 2.45) is 0 Å². The summed E-state index contributed by atoms with van der Waals surface area (Å²) in [5.41, 5.74) is 0. The van der Waals surface area contributed by atoms with Crippen molar-refractivity contribution < 1.29 is 52.5 Å². The van der Waals surface area contributed by atoms with Crippen molar-refractivity contribution in [1.82, 2.24) is 5.32 Å². The molecule has 1 N–H and O–H groups in total. The van der Waals surface area contributed by atoms with E-state index in [1.165, 1.54) is 13.8 Å². The smallest absolute Gasteiger partial charge is 0.371 e. The standard InChI is InChI=1S/C19H29NO11S2/c1-6-13(21)28-10-30-17(25)32-9-12(15(23)27-8-3)20-16(24)19(4,5)33-18(26)31-11-29-14(22)7-2/h12H,6-11H2,1-5H3,(H,20,24)/t12-/m0/s1. The van der Waals surface area contributed by atoms with Gasteiger partial charge in [0.15, 0.2) is 0 Å². The monoisotopic (exact) mass is 511 g/mol. The molecule has 0 unspecified atom stereocenters. The molecule has 0 aromatic heterocycles. The summed E-state index contributed by atoms with van der Waals surface area (Å²) >= 11 is 1.08. The van der Waals surface area contributed by atoms with Crippen LogP contribution >= 0.6 is 23.5 Å². The van der Waals surface area contributed by atoms with Crippen molar-refractivity contribution in [3.63, 3.8) is 0 Å². The molecular formula is C19H29NO11S2. The summed E-state index contributed by atoms with van der Waals surface area (Å²) in [6, 6.07) is -1.23. The summed E-state index contributed by atoms with van der Waals surface area (Å²) in [6.07, 6.45) is 0.232. The van der Waals surface area contributed by atoms with E-state index in [0.717, 1.165) is 0 Å². The van der Waals surface area contributed by atoms with Crippen LogP contribution in [-0.4, -0.2) is 71.2 Å². The van der Waals surface area contributed by atoms with Crippen molar-refractivity contribution >= 4 is 57.9 Å². The normalized spacial score (nSPS) is 11.5. The van der Waals surface area contributed by atoms with E-state index >= 15 is 0 Å². The van der Waals surface area contributed by atoms with E-state index in [-0.39, 0.29) is 25.2 Å². The first-order valence-electron chi connectivity index (χ1n) is 9.90. The lowest BCUT2D eigenvalue weighted by Crippen LogP contribution is -2.50. The van der Waals surface area contributed by atoms with Gasteiger partial charge >= 0.3 is 28.5 Å². The zero-order valence-corrected chi connectivity index (χ0v) is 20.8. The lowest BCUT2D eigenvalue weighted by molar-refractivity contribution is -0.152. The maximum absolute atomic E-state index is 12.7. The Labute approximate surface area is 200 Å². The summed E-state index contributed by atoms with van der Waals surface area (Å²) in [5, 5.41) is 0.727. The molecule has 0 fully saturated rings. The molecule has 33 heavy (non-hydrogen) atoms. The van der Waals surface area contributed by atoms with Gasteiger partial charge in [-0.2, -0.15) is 0 Å². The van der Waals surface area contributed by atoms with E-state index < -0.39 is 58.8 Å². The third kappa shape index (κ3) is 13.6. The zero-order valence-electron chi connectivity index (χ0n) is 19.1. The summed E-state index contributed by atoms with van der Waals surface area (Å²) in [7, 11) is 0. The van der Waals surface area contributed by atoms with E-state index in [1.807, 2.05) is 0 Å². The molecule has 0 saturated carbocycles. The number of nitrogens with one attached hydrogen (secondary N) is 1. The third-order valence-electron chi connectivity index (χ3n) is 3.50. The fourth-order valence-corrected chi connectivity index (χ4v) is 3.04. The molecule has 188 valence electrons. The number of ether oxygens (including phenoxy) is 5. The molecule has 0 aliphatic carbocycles. The molecule has 1 atom stereocenters.